The first-order valence-electron chi connectivity index (χ1n) is 7.51. The molecule has 0 aromatic carbocycles. The zero-order valence-corrected chi connectivity index (χ0v) is 16.9. The Morgan fingerprint density at radius 2 is 2.17 bits per heavy atom. The molecule has 2 aromatic rings. The normalized spacial score (nSPS) is 11.2. The highest BCUT2D eigenvalue weighted by atomic mass is 127. The first-order valence-corrected chi connectivity index (χ1v) is 8.39. The molecule has 2 aromatic heterocycles. The molecule has 0 amide bonds. The summed E-state index contributed by atoms with van der Waals surface area (Å²) in [5, 5.41) is 13.9. The summed E-state index contributed by atoms with van der Waals surface area (Å²) in [5.74, 6) is 1.63. The number of halogens is 1. The van der Waals surface area contributed by atoms with E-state index in [9.17, 15) is 0 Å². The Morgan fingerprint density at radius 1 is 1.35 bits per heavy atom. The van der Waals surface area contributed by atoms with Crippen molar-refractivity contribution in [1.29, 1.82) is 0 Å². The van der Waals surface area contributed by atoms with Gasteiger partial charge in [-0.15, -0.1) is 35.3 Å². The molecule has 7 nitrogen and oxygen atoms in total. The lowest BCUT2D eigenvalue weighted by Gasteiger charge is -2.10. The van der Waals surface area contributed by atoms with E-state index >= 15 is 0 Å². The van der Waals surface area contributed by atoms with Gasteiger partial charge in [0.15, 0.2) is 5.96 Å². The van der Waals surface area contributed by atoms with Gasteiger partial charge in [0.2, 0.25) is 0 Å². The van der Waals surface area contributed by atoms with Crippen molar-refractivity contribution in [2.75, 3.05) is 13.1 Å². The second-order valence-electron chi connectivity index (χ2n) is 4.76. The standard InChI is InChI=1S/C14H23N7S.HI/c1-4-13-20-11(9-22-13)6-7-16-14(15-5-2)17-8-12-18-10-19-21(12)3;/h9-10H,4-8H2,1-3H3,(H2,15,16,17);1H. The highest BCUT2D eigenvalue weighted by molar-refractivity contribution is 14.0. The molecule has 0 radical (unpaired) electrons. The number of aromatic nitrogens is 4. The van der Waals surface area contributed by atoms with Gasteiger partial charge in [0.05, 0.1) is 10.7 Å². The van der Waals surface area contributed by atoms with Gasteiger partial charge in [-0.1, -0.05) is 6.92 Å². The minimum Gasteiger partial charge on any atom is -0.357 e. The molecule has 0 spiro atoms. The summed E-state index contributed by atoms with van der Waals surface area (Å²) < 4.78 is 1.73. The maximum atomic E-state index is 4.57. The molecule has 128 valence electrons. The van der Waals surface area contributed by atoms with Gasteiger partial charge in [-0.3, -0.25) is 4.68 Å². The number of guanidine groups is 1. The Hall–Kier alpha value is -1.23. The number of rotatable bonds is 7. The van der Waals surface area contributed by atoms with Gasteiger partial charge in [-0.2, -0.15) is 5.10 Å². The predicted molar refractivity (Wildman–Crippen MR) is 104 cm³/mol. The van der Waals surface area contributed by atoms with Crippen molar-refractivity contribution in [3.63, 3.8) is 0 Å². The summed E-state index contributed by atoms with van der Waals surface area (Å²) in [4.78, 5) is 13.3. The molecule has 0 unspecified atom stereocenters. The second kappa shape index (κ2) is 10.5. The number of hydrogen-bond donors (Lipinski definition) is 2. The highest BCUT2D eigenvalue weighted by Gasteiger charge is 2.03. The van der Waals surface area contributed by atoms with Crippen molar-refractivity contribution in [2.24, 2.45) is 12.0 Å². The molecule has 0 bridgehead atoms. The van der Waals surface area contributed by atoms with Gasteiger partial charge in [0, 0.05) is 31.9 Å². The van der Waals surface area contributed by atoms with Crippen molar-refractivity contribution < 1.29 is 0 Å². The maximum absolute atomic E-state index is 4.57. The second-order valence-corrected chi connectivity index (χ2v) is 5.70. The highest BCUT2D eigenvalue weighted by Crippen LogP contribution is 2.10. The molecule has 2 heterocycles. The van der Waals surface area contributed by atoms with Gasteiger partial charge in [-0.25, -0.2) is 15.0 Å². The quantitative estimate of drug-likeness (QED) is 0.383. The molecule has 0 aliphatic rings. The van der Waals surface area contributed by atoms with Crippen LogP contribution in [0.5, 0.6) is 0 Å². The van der Waals surface area contributed by atoms with Gasteiger partial charge in [0.25, 0.3) is 0 Å². The zero-order valence-electron chi connectivity index (χ0n) is 13.7. The Kier molecular flexibility index (Phi) is 9.07. The number of thiazole rings is 1. The molecule has 0 aliphatic heterocycles. The molecule has 23 heavy (non-hydrogen) atoms. The summed E-state index contributed by atoms with van der Waals surface area (Å²) >= 11 is 1.73. The summed E-state index contributed by atoms with van der Waals surface area (Å²) in [6, 6.07) is 0. The van der Waals surface area contributed by atoms with Gasteiger partial charge in [0.1, 0.15) is 18.7 Å². The average Bonchev–Trinajstić information content (AvgIpc) is 3.13. The first kappa shape index (κ1) is 19.8. The Balaban J connectivity index is 0.00000264. The average molecular weight is 449 g/mol. The fourth-order valence-electron chi connectivity index (χ4n) is 1.89. The lowest BCUT2D eigenvalue weighted by molar-refractivity contribution is 0.697. The van der Waals surface area contributed by atoms with Crippen molar-refractivity contribution in [1.82, 2.24) is 30.4 Å². The van der Waals surface area contributed by atoms with Gasteiger partial charge >= 0.3 is 0 Å². The molecule has 0 fully saturated rings. The van der Waals surface area contributed by atoms with Crippen LogP contribution < -0.4 is 10.6 Å². The number of nitrogens with one attached hydrogen (secondary N) is 2. The van der Waals surface area contributed by atoms with Crippen molar-refractivity contribution >= 4 is 41.3 Å². The Bertz CT molecular complexity index is 608. The summed E-state index contributed by atoms with van der Waals surface area (Å²) in [6.45, 7) is 6.30. The van der Waals surface area contributed by atoms with E-state index in [-0.39, 0.29) is 24.0 Å². The van der Waals surface area contributed by atoms with Gasteiger partial charge in [-0.05, 0) is 13.3 Å². The minimum atomic E-state index is 0. The lowest BCUT2D eigenvalue weighted by atomic mass is 10.3. The Morgan fingerprint density at radius 3 is 2.78 bits per heavy atom. The van der Waals surface area contributed by atoms with Crippen LogP contribution in [0.15, 0.2) is 16.7 Å². The third-order valence-corrected chi connectivity index (χ3v) is 4.15. The SMILES string of the molecule is CCNC(=NCc1ncnn1C)NCCc1csc(CC)n1.I. The number of nitrogens with zero attached hydrogens (tertiary/aromatic N) is 5. The topological polar surface area (TPSA) is 80.0 Å². The number of hydrogen-bond acceptors (Lipinski definition) is 5. The third-order valence-electron chi connectivity index (χ3n) is 3.10. The van der Waals surface area contributed by atoms with Crippen LogP contribution in [-0.2, 0) is 26.4 Å². The van der Waals surface area contributed by atoms with Crippen LogP contribution >= 0.6 is 35.3 Å². The van der Waals surface area contributed by atoms with E-state index in [2.05, 4.69) is 43.0 Å². The monoisotopic (exact) mass is 449 g/mol. The predicted octanol–water partition coefficient (Wildman–Crippen LogP) is 1.75. The van der Waals surface area contributed by atoms with Crippen molar-refractivity contribution in [3.05, 3.63) is 28.2 Å². The molecule has 0 atom stereocenters. The smallest absolute Gasteiger partial charge is 0.191 e. The fraction of sp³-hybridized carbons (Fsp3) is 0.571. The van der Waals surface area contributed by atoms with Crippen LogP contribution in [0.1, 0.15) is 30.4 Å². The van der Waals surface area contributed by atoms with E-state index in [4.69, 9.17) is 0 Å². The molecule has 9 heteroatoms. The molecule has 0 saturated carbocycles. The van der Waals surface area contributed by atoms with E-state index in [0.29, 0.717) is 6.54 Å². The van der Waals surface area contributed by atoms with Crippen molar-refractivity contribution in [3.8, 4) is 0 Å². The fourth-order valence-corrected chi connectivity index (χ4v) is 2.67. The van der Waals surface area contributed by atoms with Gasteiger partial charge < -0.3 is 10.6 Å². The Labute approximate surface area is 158 Å². The van der Waals surface area contributed by atoms with Crippen LogP contribution in [0.4, 0.5) is 0 Å². The molecular weight excluding hydrogens is 425 g/mol. The van der Waals surface area contributed by atoms with Crippen molar-refractivity contribution in [2.45, 2.75) is 33.2 Å². The lowest BCUT2D eigenvalue weighted by Crippen LogP contribution is -2.38. The van der Waals surface area contributed by atoms with Crippen LogP contribution in [0, 0.1) is 0 Å². The molecule has 2 N–H and O–H groups in total. The summed E-state index contributed by atoms with van der Waals surface area (Å²) in [5.41, 5.74) is 1.14. The van der Waals surface area contributed by atoms with Crippen LogP contribution in [0.3, 0.4) is 0 Å². The molecule has 2 rings (SSSR count). The molecular formula is C14H24IN7S. The van der Waals surface area contributed by atoms with E-state index in [0.717, 1.165) is 43.4 Å². The largest absolute Gasteiger partial charge is 0.357 e. The molecule has 0 saturated heterocycles. The van der Waals surface area contributed by atoms with E-state index in [1.165, 1.54) is 5.01 Å². The molecule has 0 aliphatic carbocycles. The maximum Gasteiger partial charge on any atom is 0.191 e. The zero-order chi connectivity index (χ0) is 15.8. The van der Waals surface area contributed by atoms with Crippen LogP contribution in [-0.4, -0.2) is 38.8 Å². The van der Waals surface area contributed by atoms with E-state index in [1.54, 1.807) is 22.3 Å². The summed E-state index contributed by atoms with van der Waals surface area (Å²) in [6.07, 6.45) is 3.43. The van der Waals surface area contributed by atoms with Crippen LogP contribution in [0.25, 0.3) is 0 Å². The van der Waals surface area contributed by atoms with E-state index in [1.807, 2.05) is 14.0 Å². The third kappa shape index (κ3) is 6.42. The number of aryl methyl sites for hydroxylation is 2. The van der Waals surface area contributed by atoms with Crippen LogP contribution in [0.2, 0.25) is 0 Å². The first-order chi connectivity index (χ1) is 10.7. The minimum absolute atomic E-state index is 0. The van der Waals surface area contributed by atoms with E-state index < -0.39 is 0 Å². The number of aliphatic imine (C=N–C) groups is 1. The summed E-state index contributed by atoms with van der Waals surface area (Å²) in [7, 11) is 1.87.